The van der Waals surface area contributed by atoms with Crippen LogP contribution in [0.5, 0.6) is 5.75 Å². The average Bonchev–Trinajstić information content (AvgIpc) is 3.29. The predicted molar refractivity (Wildman–Crippen MR) is 114 cm³/mol. The second kappa shape index (κ2) is 8.23. The Bertz CT molecular complexity index is 1050. The van der Waals surface area contributed by atoms with Gasteiger partial charge in [0.2, 0.25) is 5.91 Å². The summed E-state index contributed by atoms with van der Waals surface area (Å²) in [5.74, 6) is 0.0411. The monoisotopic (exact) mass is 427 g/mol. The van der Waals surface area contributed by atoms with E-state index in [1.807, 2.05) is 0 Å². The Morgan fingerprint density at radius 2 is 1.83 bits per heavy atom. The fourth-order valence-electron chi connectivity index (χ4n) is 3.21. The van der Waals surface area contributed by atoms with E-state index in [1.165, 1.54) is 11.3 Å². The van der Waals surface area contributed by atoms with Crippen LogP contribution in [0.25, 0.3) is 0 Å². The van der Waals surface area contributed by atoms with Crippen molar-refractivity contribution < 1.29 is 14.3 Å². The number of rotatable bonds is 5. The first-order valence-electron chi connectivity index (χ1n) is 9.05. The summed E-state index contributed by atoms with van der Waals surface area (Å²) in [5.41, 5.74) is 1.95. The van der Waals surface area contributed by atoms with Gasteiger partial charge >= 0.3 is 0 Å². The molecule has 1 aromatic heterocycles. The Morgan fingerprint density at radius 3 is 2.52 bits per heavy atom. The fraction of sp³-hybridized carbons (Fsp3) is 0.190. The molecule has 0 fully saturated rings. The number of aromatic nitrogens is 1. The van der Waals surface area contributed by atoms with Crippen LogP contribution in [0.4, 0.5) is 10.8 Å². The number of carbonyl (C=O) groups excluding carboxylic acids is 2. The van der Waals surface area contributed by atoms with Gasteiger partial charge in [-0.15, -0.1) is 11.3 Å². The second-order valence-electron chi connectivity index (χ2n) is 6.60. The van der Waals surface area contributed by atoms with Gasteiger partial charge in [-0.05, 0) is 61.4 Å². The molecular formula is C21H18ClN3O3S. The van der Waals surface area contributed by atoms with Gasteiger partial charge < -0.3 is 10.1 Å². The molecule has 0 aliphatic heterocycles. The molecule has 29 heavy (non-hydrogen) atoms. The van der Waals surface area contributed by atoms with E-state index in [2.05, 4.69) is 15.6 Å². The summed E-state index contributed by atoms with van der Waals surface area (Å²) in [7, 11) is 1.60. The number of thiazole rings is 1. The normalized spacial score (nSPS) is 14.9. The highest BCUT2D eigenvalue weighted by atomic mass is 35.5. The van der Waals surface area contributed by atoms with Crippen LogP contribution in [-0.4, -0.2) is 23.9 Å². The molecule has 1 aliphatic carbocycles. The number of hydrogen-bond donors (Lipinski definition) is 2. The summed E-state index contributed by atoms with van der Waals surface area (Å²) in [6, 6.07) is 13.8. The van der Waals surface area contributed by atoms with Crippen LogP contribution in [0, 0.1) is 0 Å². The number of benzene rings is 2. The lowest BCUT2D eigenvalue weighted by Crippen LogP contribution is -2.20. The third kappa shape index (κ3) is 4.26. The third-order valence-corrected chi connectivity index (χ3v) is 6.02. The zero-order valence-electron chi connectivity index (χ0n) is 15.6. The largest absolute Gasteiger partial charge is 0.497 e. The predicted octanol–water partition coefficient (Wildman–Crippen LogP) is 4.73. The van der Waals surface area contributed by atoms with Crippen LogP contribution in [0.2, 0.25) is 5.02 Å². The van der Waals surface area contributed by atoms with Crippen LogP contribution in [0.1, 0.15) is 33.3 Å². The smallest absolute Gasteiger partial charge is 0.257 e. The van der Waals surface area contributed by atoms with E-state index >= 15 is 0 Å². The minimum Gasteiger partial charge on any atom is -0.497 e. The Hall–Kier alpha value is -2.90. The van der Waals surface area contributed by atoms with Crippen molar-refractivity contribution in [3.8, 4) is 5.75 Å². The molecule has 1 heterocycles. The minimum atomic E-state index is -0.329. The third-order valence-electron chi connectivity index (χ3n) is 4.72. The van der Waals surface area contributed by atoms with Gasteiger partial charge in [0.1, 0.15) is 5.75 Å². The zero-order chi connectivity index (χ0) is 20.4. The van der Waals surface area contributed by atoms with Gasteiger partial charge in [0.25, 0.3) is 5.91 Å². The molecule has 0 saturated carbocycles. The van der Waals surface area contributed by atoms with Crippen molar-refractivity contribution in [2.75, 3.05) is 17.7 Å². The van der Waals surface area contributed by atoms with E-state index < -0.39 is 0 Å². The Balaban J connectivity index is 1.44. The first kappa shape index (κ1) is 19.4. The van der Waals surface area contributed by atoms with Crippen LogP contribution >= 0.6 is 22.9 Å². The van der Waals surface area contributed by atoms with Crippen LogP contribution in [0.3, 0.4) is 0 Å². The first-order chi connectivity index (χ1) is 14.0. The zero-order valence-corrected chi connectivity index (χ0v) is 17.1. The Labute approximate surface area is 176 Å². The molecule has 0 saturated heterocycles. The number of carbonyl (C=O) groups is 2. The lowest BCUT2D eigenvalue weighted by molar-refractivity contribution is -0.117. The van der Waals surface area contributed by atoms with Crippen LogP contribution < -0.4 is 15.4 Å². The van der Waals surface area contributed by atoms with Gasteiger partial charge in [0.15, 0.2) is 5.13 Å². The highest BCUT2D eigenvalue weighted by molar-refractivity contribution is 7.16. The van der Waals surface area contributed by atoms with Crippen molar-refractivity contribution in [2.45, 2.75) is 18.8 Å². The number of methoxy groups -OCH3 is 1. The molecule has 0 bridgehead atoms. The maximum absolute atomic E-state index is 12.7. The van der Waals surface area contributed by atoms with Crippen LogP contribution in [0.15, 0.2) is 48.5 Å². The summed E-state index contributed by atoms with van der Waals surface area (Å²) in [6.07, 6.45) is 1.48. The van der Waals surface area contributed by atoms with Gasteiger partial charge in [-0.1, -0.05) is 11.6 Å². The molecule has 1 unspecified atom stereocenters. The fourth-order valence-corrected chi connectivity index (χ4v) is 4.37. The van der Waals surface area contributed by atoms with Crippen molar-refractivity contribution in [2.24, 2.45) is 0 Å². The molecule has 8 heteroatoms. The molecule has 6 nitrogen and oxygen atoms in total. The molecular weight excluding hydrogens is 410 g/mol. The molecule has 3 aromatic rings. The molecule has 1 aliphatic rings. The summed E-state index contributed by atoms with van der Waals surface area (Å²) >= 11 is 7.27. The topological polar surface area (TPSA) is 80.3 Å². The summed E-state index contributed by atoms with van der Waals surface area (Å²) < 4.78 is 5.13. The Kier molecular flexibility index (Phi) is 5.51. The Morgan fingerprint density at radius 1 is 1.10 bits per heavy atom. The van der Waals surface area contributed by atoms with Gasteiger partial charge in [-0.25, -0.2) is 4.98 Å². The number of aryl methyl sites for hydroxylation is 1. The second-order valence-corrected chi connectivity index (χ2v) is 8.12. The van der Waals surface area contributed by atoms with Crippen LogP contribution in [-0.2, 0) is 11.2 Å². The highest BCUT2D eigenvalue weighted by Crippen LogP contribution is 2.39. The molecule has 2 N–H and O–H groups in total. The van der Waals surface area contributed by atoms with Gasteiger partial charge in [-0.3, -0.25) is 14.9 Å². The maximum Gasteiger partial charge on any atom is 0.257 e. The van der Waals surface area contributed by atoms with Crippen molar-refractivity contribution >= 4 is 45.6 Å². The van der Waals surface area contributed by atoms with E-state index in [-0.39, 0.29) is 17.7 Å². The number of halogens is 1. The number of fused-ring (bicyclic) bond motifs is 1. The van der Waals surface area contributed by atoms with Crippen molar-refractivity contribution in [3.63, 3.8) is 0 Å². The van der Waals surface area contributed by atoms with E-state index in [0.717, 1.165) is 22.7 Å². The molecule has 0 spiro atoms. The van der Waals surface area contributed by atoms with Gasteiger partial charge in [-0.2, -0.15) is 0 Å². The number of nitrogens with zero attached hydrogens (tertiary/aromatic N) is 1. The molecule has 148 valence electrons. The van der Waals surface area contributed by atoms with Gasteiger partial charge in [0.05, 0.1) is 18.7 Å². The first-order valence-corrected chi connectivity index (χ1v) is 10.2. The van der Waals surface area contributed by atoms with E-state index in [9.17, 15) is 9.59 Å². The number of hydrogen-bond acceptors (Lipinski definition) is 5. The number of anilines is 2. The molecule has 0 radical (unpaired) electrons. The standard InChI is InChI=1S/C21H18ClN3O3S/c1-28-15-8-6-14(7-9-15)23-20(27)16-10-11-17-18(16)24-21(29-17)25-19(26)12-2-4-13(22)5-3-12/h2-9,16H,10-11H2,1H3,(H,23,27)(H,24,25,26). The molecule has 2 aromatic carbocycles. The van der Waals surface area contributed by atoms with E-state index in [1.54, 1.807) is 55.6 Å². The molecule has 4 rings (SSSR count). The number of amides is 2. The SMILES string of the molecule is COc1ccc(NC(=O)C2CCc3sc(NC(=O)c4ccc(Cl)cc4)nc32)cc1. The quantitative estimate of drug-likeness (QED) is 0.617. The summed E-state index contributed by atoms with van der Waals surface area (Å²) in [6.45, 7) is 0. The van der Waals surface area contributed by atoms with Gasteiger partial charge in [0, 0.05) is 21.2 Å². The lowest BCUT2D eigenvalue weighted by Gasteiger charge is -2.11. The lowest BCUT2D eigenvalue weighted by atomic mass is 10.1. The van der Waals surface area contributed by atoms with E-state index in [4.69, 9.17) is 16.3 Å². The highest BCUT2D eigenvalue weighted by Gasteiger charge is 2.33. The van der Waals surface area contributed by atoms with Crippen molar-refractivity contribution in [1.29, 1.82) is 0 Å². The molecule has 1 atom stereocenters. The van der Waals surface area contributed by atoms with E-state index in [0.29, 0.717) is 27.8 Å². The average molecular weight is 428 g/mol. The summed E-state index contributed by atoms with van der Waals surface area (Å²) in [5, 5.41) is 6.80. The summed E-state index contributed by atoms with van der Waals surface area (Å²) in [4.78, 5) is 30.7. The van der Waals surface area contributed by atoms with Crippen molar-refractivity contribution in [3.05, 3.63) is 69.7 Å². The minimum absolute atomic E-state index is 0.102. The number of ether oxygens (including phenoxy) is 1. The molecule has 2 amide bonds. The number of nitrogens with one attached hydrogen (secondary N) is 2. The van der Waals surface area contributed by atoms with Crippen molar-refractivity contribution in [1.82, 2.24) is 4.98 Å². The maximum atomic E-state index is 12.7.